The molecule has 0 fully saturated rings. The van der Waals surface area contributed by atoms with E-state index in [9.17, 15) is 14.7 Å². The SMILES string of the molecule is CCCCOc1ccc(NCC(=O)C(Cc2cc(Br)c(OC)c(Br)c2)C(=O)Nc2cc(Br)c(O)c(Br)c2)cc1. The van der Waals surface area contributed by atoms with Gasteiger partial charge in [0.1, 0.15) is 23.2 Å². The molecule has 0 radical (unpaired) electrons. The summed E-state index contributed by atoms with van der Waals surface area (Å²) in [6.07, 6.45) is 2.21. The minimum absolute atomic E-state index is 0.0135. The molecule has 0 saturated carbocycles. The summed E-state index contributed by atoms with van der Waals surface area (Å²) in [7, 11) is 1.56. The zero-order valence-corrected chi connectivity index (χ0v) is 27.7. The van der Waals surface area contributed by atoms with Crippen LogP contribution < -0.4 is 20.1 Å². The van der Waals surface area contributed by atoms with Gasteiger partial charge in [-0.15, -0.1) is 0 Å². The van der Waals surface area contributed by atoms with Crippen LogP contribution in [-0.4, -0.2) is 37.1 Å². The highest BCUT2D eigenvalue weighted by molar-refractivity contribution is 9.11. The molecule has 208 valence electrons. The Balaban J connectivity index is 1.78. The first-order valence-corrected chi connectivity index (χ1v) is 15.3. The zero-order valence-electron chi connectivity index (χ0n) is 21.3. The van der Waals surface area contributed by atoms with Crippen molar-refractivity contribution in [2.75, 3.05) is 30.9 Å². The number of halogens is 4. The van der Waals surface area contributed by atoms with E-state index < -0.39 is 11.8 Å². The number of methoxy groups -OCH3 is 1. The highest BCUT2D eigenvalue weighted by atomic mass is 79.9. The Morgan fingerprint density at radius 2 is 1.54 bits per heavy atom. The third kappa shape index (κ3) is 8.96. The van der Waals surface area contributed by atoms with Crippen LogP contribution in [0.2, 0.25) is 0 Å². The Kier molecular flexibility index (Phi) is 12.1. The predicted molar refractivity (Wildman–Crippen MR) is 168 cm³/mol. The lowest BCUT2D eigenvalue weighted by Gasteiger charge is -2.18. The molecule has 3 N–H and O–H groups in total. The number of carbonyl (C=O) groups is 2. The number of unbranched alkanes of at least 4 members (excludes halogenated alkanes) is 1. The minimum Gasteiger partial charge on any atom is -0.506 e. The molecule has 0 aromatic heterocycles. The van der Waals surface area contributed by atoms with Crippen LogP contribution in [-0.2, 0) is 16.0 Å². The molecule has 0 bridgehead atoms. The summed E-state index contributed by atoms with van der Waals surface area (Å²) < 4.78 is 13.3. The number of amides is 1. The average Bonchev–Trinajstić information content (AvgIpc) is 2.89. The number of ether oxygens (including phenoxy) is 2. The number of hydrogen-bond donors (Lipinski definition) is 3. The van der Waals surface area contributed by atoms with Crippen molar-refractivity contribution < 1.29 is 24.2 Å². The molecule has 11 heteroatoms. The van der Waals surface area contributed by atoms with Crippen molar-refractivity contribution in [2.24, 2.45) is 5.92 Å². The molecule has 0 heterocycles. The second-order valence-corrected chi connectivity index (χ2v) is 12.1. The number of aromatic hydroxyl groups is 1. The Hall–Kier alpha value is -2.08. The van der Waals surface area contributed by atoms with Gasteiger partial charge in [0.15, 0.2) is 5.78 Å². The quantitative estimate of drug-likeness (QED) is 0.0921. The monoisotopic (exact) mass is 788 g/mol. The van der Waals surface area contributed by atoms with Gasteiger partial charge in [-0.2, -0.15) is 0 Å². The van der Waals surface area contributed by atoms with E-state index in [-0.39, 0.29) is 24.5 Å². The van der Waals surface area contributed by atoms with Crippen LogP contribution in [0, 0.1) is 5.92 Å². The highest BCUT2D eigenvalue weighted by Crippen LogP contribution is 2.37. The summed E-state index contributed by atoms with van der Waals surface area (Å²) in [5.41, 5.74) is 1.94. The number of nitrogens with one attached hydrogen (secondary N) is 2. The molecule has 0 aliphatic carbocycles. The number of Topliss-reactive ketones (excluding diaryl/α,β-unsaturated/α-hetero) is 1. The number of carbonyl (C=O) groups excluding carboxylic acids is 2. The lowest BCUT2D eigenvalue weighted by Crippen LogP contribution is -2.35. The van der Waals surface area contributed by atoms with Gasteiger partial charge in [0.25, 0.3) is 0 Å². The molecular formula is C28H28Br4N2O5. The van der Waals surface area contributed by atoms with Gasteiger partial charge in [0, 0.05) is 11.4 Å². The van der Waals surface area contributed by atoms with Crippen molar-refractivity contribution in [2.45, 2.75) is 26.2 Å². The second kappa shape index (κ2) is 15.1. The Labute approximate surface area is 261 Å². The summed E-state index contributed by atoms with van der Waals surface area (Å²) in [6.45, 7) is 2.72. The fraction of sp³-hybridized carbons (Fsp3) is 0.286. The van der Waals surface area contributed by atoms with E-state index in [2.05, 4.69) is 81.3 Å². The fourth-order valence-electron chi connectivity index (χ4n) is 3.70. The first-order chi connectivity index (χ1) is 18.6. The largest absolute Gasteiger partial charge is 0.506 e. The Morgan fingerprint density at radius 3 is 2.10 bits per heavy atom. The predicted octanol–water partition coefficient (Wildman–Crippen LogP) is 8.11. The molecule has 0 saturated heterocycles. The minimum atomic E-state index is -0.993. The van der Waals surface area contributed by atoms with Crippen LogP contribution in [0.25, 0.3) is 0 Å². The van der Waals surface area contributed by atoms with E-state index in [1.807, 2.05) is 36.4 Å². The van der Waals surface area contributed by atoms with Gasteiger partial charge < -0.3 is 25.2 Å². The molecular weight excluding hydrogens is 764 g/mol. The van der Waals surface area contributed by atoms with Crippen molar-refractivity contribution in [1.29, 1.82) is 0 Å². The van der Waals surface area contributed by atoms with Crippen molar-refractivity contribution in [3.8, 4) is 17.2 Å². The second-order valence-electron chi connectivity index (χ2n) is 8.67. The maximum absolute atomic E-state index is 13.4. The van der Waals surface area contributed by atoms with Crippen LogP contribution in [0.1, 0.15) is 25.3 Å². The molecule has 0 spiro atoms. The van der Waals surface area contributed by atoms with Gasteiger partial charge in [0.2, 0.25) is 5.91 Å². The molecule has 1 atom stereocenters. The number of hydrogen-bond acceptors (Lipinski definition) is 6. The van der Waals surface area contributed by atoms with Crippen molar-refractivity contribution >= 4 is 86.8 Å². The third-order valence-electron chi connectivity index (χ3n) is 5.78. The molecule has 0 aliphatic heterocycles. The third-order valence-corrected chi connectivity index (χ3v) is 8.17. The average molecular weight is 792 g/mol. The van der Waals surface area contributed by atoms with E-state index in [1.54, 1.807) is 19.2 Å². The molecule has 7 nitrogen and oxygen atoms in total. The highest BCUT2D eigenvalue weighted by Gasteiger charge is 2.28. The van der Waals surface area contributed by atoms with E-state index >= 15 is 0 Å². The normalized spacial score (nSPS) is 11.5. The van der Waals surface area contributed by atoms with E-state index in [1.165, 1.54) is 0 Å². The van der Waals surface area contributed by atoms with Gasteiger partial charge >= 0.3 is 0 Å². The Morgan fingerprint density at radius 1 is 0.923 bits per heavy atom. The first kappa shape index (κ1) is 31.4. The maximum atomic E-state index is 13.4. The van der Waals surface area contributed by atoms with Crippen LogP contribution >= 0.6 is 63.7 Å². The van der Waals surface area contributed by atoms with Gasteiger partial charge in [-0.3, -0.25) is 9.59 Å². The van der Waals surface area contributed by atoms with Gasteiger partial charge in [0.05, 0.1) is 38.2 Å². The van der Waals surface area contributed by atoms with Gasteiger partial charge in [-0.05, 0) is 131 Å². The van der Waals surface area contributed by atoms with Crippen LogP contribution in [0.4, 0.5) is 11.4 Å². The van der Waals surface area contributed by atoms with E-state index in [0.717, 1.165) is 29.8 Å². The Bertz CT molecular complexity index is 1270. The number of ketones is 1. The number of phenols is 1. The van der Waals surface area contributed by atoms with Crippen molar-refractivity contribution in [1.82, 2.24) is 0 Å². The molecule has 39 heavy (non-hydrogen) atoms. The smallest absolute Gasteiger partial charge is 0.235 e. The summed E-state index contributed by atoms with van der Waals surface area (Å²) in [6, 6.07) is 14.2. The van der Waals surface area contributed by atoms with Gasteiger partial charge in [-0.1, -0.05) is 13.3 Å². The molecule has 0 aliphatic rings. The summed E-state index contributed by atoms with van der Waals surface area (Å²) in [5.74, 6) is -0.342. The number of phenolic OH excluding ortho intramolecular Hbond substituents is 1. The number of benzene rings is 3. The zero-order chi connectivity index (χ0) is 28.5. The maximum Gasteiger partial charge on any atom is 0.235 e. The molecule has 1 unspecified atom stereocenters. The molecule has 3 rings (SSSR count). The molecule has 3 aromatic carbocycles. The lowest BCUT2D eigenvalue weighted by atomic mass is 9.93. The molecule has 3 aromatic rings. The summed E-state index contributed by atoms with van der Waals surface area (Å²) >= 11 is 13.5. The van der Waals surface area contributed by atoms with Crippen LogP contribution in [0.5, 0.6) is 17.2 Å². The standard InChI is InChI=1S/C28H28Br4N2O5/c1-3-4-9-39-19-7-5-17(6-8-19)33-15-25(35)20(10-16-11-23(31)27(38-2)24(32)12-16)28(37)34-18-13-21(29)26(36)22(30)14-18/h5-8,11-14,20,33,36H,3-4,9-10,15H2,1-2H3,(H,34,37). The number of anilines is 2. The first-order valence-electron chi connectivity index (χ1n) is 12.1. The van der Waals surface area contributed by atoms with Crippen molar-refractivity contribution in [3.05, 3.63) is 72.0 Å². The lowest BCUT2D eigenvalue weighted by molar-refractivity contribution is -0.130. The summed E-state index contributed by atoms with van der Waals surface area (Å²) in [5, 5.41) is 15.9. The summed E-state index contributed by atoms with van der Waals surface area (Å²) in [4.78, 5) is 26.8. The number of rotatable bonds is 13. The molecule has 1 amide bonds. The van der Waals surface area contributed by atoms with Gasteiger partial charge in [-0.25, -0.2) is 0 Å². The fourth-order valence-corrected chi connectivity index (χ4v) is 6.49. The topological polar surface area (TPSA) is 96.9 Å². The van der Waals surface area contributed by atoms with E-state index in [0.29, 0.717) is 35.9 Å². The van der Waals surface area contributed by atoms with E-state index in [4.69, 9.17) is 9.47 Å². The van der Waals surface area contributed by atoms with Crippen LogP contribution in [0.3, 0.4) is 0 Å². The van der Waals surface area contributed by atoms with Crippen LogP contribution in [0.15, 0.2) is 66.4 Å². The van der Waals surface area contributed by atoms with Crippen molar-refractivity contribution in [3.63, 3.8) is 0 Å².